The zero-order valence-electron chi connectivity index (χ0n) is 12.0. The Morgan fingerprint density at radius 1 is 1.20 bits per heavy atom. The molecule has 2 heterocycles. The number of hydrogen-bond acceptors (Lipinski definition) is 3. The molecule has 0 saturated carbocycles. The van der Waals surface area contributed by atoms with Crippen LogP contribution in [-0.4, -0.2) is 18.2 Å². The van der Waals surface area contributed by atoms with Crippen molar-refractivity contribution in [3.05, 3.63) is 60.8 Å². The van der Waals surface area contributed by atoms with E-state index in [1.807, 2.05) is 18.3 Å². The molecule has 1 aliphatic heterocycles. The van der Waals surface area contributed by atoms with Gasteiger partial charge in [-0.05, 0) is 37.1 Å². The molecule has 3 nitrogen and oxygen atoms in total. The van der Waals surface area contributed by atoms with E-state index in [0.717, 1.165) is 12.2 Å². The summed E-state index contributed by atoms with van der Waals surface area (Å²) in [4.78, 5) is 9.13. The van der Waals surface area contributed by atoms with Gasteiger partial charge in [-0.3, -0.25) is 0 Å². The highest BCUT2D eigenvalue weighted by Crippen LogP contribution is 2.42. The Bertz CT molecular complexity index is 636. The minimum atomic E-state index is 0.255. The summed E-state index contributed by atoms with van der Waals surface area (Å²) in [6.45, 7) is 6.06. The normalized spacial score (nSPS) is 17.2. The summed E-state index contributed by atoms with van der Waals surface area (Å²) in [7, 11) is 2.11. The molecule has 0 spiro atoms. The summed E-state index contributed by atoms with van der Waals surface area (Å²) in [5.41, 5.74) is 3.67. The molecular formula is C17H19N3. The Labute approximate surface area is 120 Å². The number of allylic oxidation sites excluding steroid dienone is 1. The Morgan fingerprint density at radius 2 is 1.95 bits per heavy atom. The van der Waals surface area contributed by atoms with Crippen molar-refractivity contribution < 1.29 is 0 Å². The molecule has 1 unspecified atom stereocenters. The summed E-state index contributed by atoms with van der Waals surface area (Å²) < 4.78 is 0. The molecule has 0 aliphatic carbocycles. The predicted octanol–water partition coefficient (Wildman–Crippen LogP) is 3.74. The van der Waals surface area contributed by atoms with Gasteiger partial charge in [-0.15, -0.1) is 6.58 Å². The monoisotopic (exact) mass is 265 g/mol. The highest BCUT2D eigenvalue weighted by molar-refractivity contribution is 5.81. The van der Waals surface area contributed by atoms with Gasteiger partial charge >= 0.3 is 0 Å². The average molecular weight is 265 g/mol. The van der Waals surface area contributed by atoms with Gasteiger partial charge in [0.05, 0.1) is 5.69 Å². The average Bonchev–Trinajstić information content (AvgIpc) is 2.73. The highest BCUT2D eigenvalue weighted by Gasteiger charge is 2.33. The van der Waals surface area contributed by atoms with Crippen molar-refractivity contribution in [2.24, 2.45) is 0 Å². The molecule has 2 aromatic rings. The molecule has 20 heavy (non-hydrogen) atoms. The van der Waals surface area contributed by atoms with Crippen LogP contribution >= 0.6 is 0 Å². The van der Waals surface area contributed by atoms with Crippen LogP contribution in [0.4, 0.5) is 17.2 Å². The number of aromatic nitrogens is 1. The van der Waals surface area contributed by atoms with Crippen LogP contribution in [0.25, 0.3) is 0 Å². The van der Waals surface area contributed by atoms with Crippen molar-refractivity contribution in [1.29, 1.82) is 0 Å². The van der Waals surface area contributed by atoms with E-state index in [2.05, 4.69) is 65.7 Å². The number of anilines is 3. The van der Waals surface area contributed by atoms with Crippen molar-refractivity contribution in [2.45, 2.75) is 19.5 Å². The van der Waals surface area contributed by atoms with E-state index in [4.69, 9.17) is 0 Å². The summed E-state index contributed by atoms with van der Waals surface area (Å²) in [5, 5.41) is 0. The molecular weight excluding hydrogens is 246 g/mol. The Morgan fingerprint density at radius 3 is 2.75 bits per heavy atom. The van der Waals surface area contributed by atoms with Gasteiger partial charge in [-0.1, -0.05) is 24.3 Å². The number of pyridine rings is 1. The number of benzene rings is 1. The van der Waals surface area contributed by atoms with Crippen molar-refractivity contribution in [3.63, 3.8) is 0 Å². The van der Waals surface area contributed by atoms with E-state index in [0.29, 0.717) is 0 Å². The van der Waals surface area contributed by atoms with Crippen LogP contribution in [0, 0.1) is 0 Å². The number of rotatable bonds is 3. The lowest BCUT2D eigenvalue weighted by atomic mass is 10.1. The first-order valence-electron chi connectivity index (χ1n) is 6.90. The Balaban J connectivity index is 2.13. The zero-order valence-corrected chi connectivity index (χ0v) is 12.0. The van der Waals surface area contributed by atoms with Gasteiger partial charge in [-0.25, -0.2) is 4.98 Å². The molecule has 3 heteroatoms. The smallest absolute Gasteiger partial charge is 0.158 e. The number of para-hydroxylation sites is 1. The van der Waals surface area contributed by atoms with Gasteiger partial charge < -0.3 is 9.80 Å². The lowest BCUT2D eigenvalue weighted by Gasteiger charge is -2.28. The van der Waals surface area contributed by atoms with Crippen LogP contribution in [-0.2, 0) is 6.42 Å². The van der Waals surface area contributed by atoms with Crippen molar-refractivity contribution in [3.8, 4) is 0 Å². The second-order valence-corrected chi connectivity index (χ2v) is 5.08. The molecule has 0 saturated heterocycles. The Kier molecular flexibility index (Phi) is 3.18. The van der Waals surface area contributed by atoms with E-state index < -0.39 is 0 Å². The largest absolute Gasteiger partial charge is 0.351 e. The van der Waals surface area contributed by atoms with Crippen molar-refractivity contribution in [2.75, 3.05) is 16.8 Å². The second kappa shape index (κ2) is 5.00. The maximum Gasteiger partial charge on any atom is 0.158 e. The summed E-state index contributed by atoms with van der Waals surface area (Å²) in [5.74, 6) is 1.03. The lowest BCUT2D eigenvalue weighted by Crippen LogP contribution is -2.36. The molecule has 0 amide bonds. The van der Waals surface area contributed by atoms with Crippen LogP contribution in [0.5, 0.6) is 0 Å². The van der Waals surface area contributed by atoms with Crippen LogP contribution in [0.15, 0.2) is 55.3 Å². The van der Waals surface area contributed by atoms with Gasteiger partial charge in [0.2, 0.25) is 0 Å². The first-order valence-corrected chi connectivity index (χ1v) is 6.90. The fourth-order valence-electron chi connectivity index (χ4n) is 2.79. The summed E-state index contributed by atoms with van der Waals surface area (Å²) in [6, 6.07) is 12.6. The van der Waals surface area contributed by atoms with Gasteiger partial charge in [-0.2, -0.15) is 0 Å². The minimum Gasteiger partial charge on any atom is -0.351 e. The van der Waals surface area contributed by atoms with E-state index in [1.54, 1.807) is 0 Å². The van der Waals surface area contributed by atoms with Gasteiger partial charge in [0, 0.05) is 18.9 Å². The van der Waals surface area contributed by atoms with E-state index >= 15 is 0 Å². The fraction of sp³-hybridized carbons (Fsp3) is 0.235. The van der Waals surface area contributed by atoms with Crippen LogP contribution in [0.2, 0.25) is 0 Å². The third-order valence-corrected chi connectivity index (χ3v) is 3.92. The maximum absolute atomic E-state index is 4.58. The van der Waals surface area contributed by atoms with E-state index in [9.17, 15) is 0 Å². The Hall–Kier alpha value is -2.29. The molecule has 0 N–H and O–H groups in total. The van der Waals surface area contributed by atoms with Crippen LogP contribution < -0.4 is 9.80 Å². The van der Waals surface area contributed by atoms with Gasteiger partial charge in [0.15, 0.2) is 5.82 Å². The van der Waals surface area contributed by atoms with E-state index in [1.165, 1.54) is 16.9 Å². The van der Waals surface area contributed by atoms with Crippen LogP contribution in [0.3, 0.4) is 0 Å². The van der Waals surface area contributed by atoms with Gasteiger partial charge in [0.1, 0.15) is 6.17 Å². The first-order chi connectivity index (χ1) is 9.74. The zero-order chi connectivity index (χ0) is 14.1. The standard InChI is InChI=1S/C17H19N3/c1-4-8-14-9-5-6-10-15(14)20-13(2)19(3)16-11-7-12-18-17(16)20/h4-7,9-13H,1,8H2,2-3H3. The van der Waals surface area contributed by atoms with E-state index in [-0.39, 0.29) is 6.17 Å². The number of fused-ring (bicyclic) bond motifs is 1. The molecule has 0 radical (unpaired) electrons. The third kappa shape index (κ3) is 1.86. The minimum absolute atomic E-state index is 0.255. The summed E-state index contributed by atoms with van der Waals surface area (Å²) in [6.07, 6.45) is 4.92. The number of nitrogens with zero attached hydrogens (tertiary/aromatic N) is 3. The predicted molar refractivity (Wildman–Crippen MR) is 84.6 cm³/mol. The summed E-state index contributed by atoms with van der Waals surface area (Å²) >= 11 is 0. The van der Waals surface area contributed by atoms with Crippen LogP contribution in [0.1, 0.15) is 12.5 Å². The molecule has 0 fully saturated rings. The molecule has 1 aliphatic rings. The molecule has 1 atom stereocenters. The lowest BCUT2D eigenvalue weighted by molar-refractivity contribution is 0.729. The van der Waals surface area contributed by atoms with Gasteiger partial charge in [0.25, 0.3) is 0 Å². The maximum atomic E-state index is 4.58. The quantitative estimate of drug-likeness (QED) is 0.788. The highest BCUT2D eigenvalue weighted by atomic mass is 15.4. The number of hydrogen-bond donors (Lipinski definition) is 0. The molecule has 1 aromatic carbocycles. The first kappa shape index (κ1) is 12.7. The molecule has 0 bridgehead atoms. The molecule has 1 aromatic heterocycles. The topological polar surface area (TPSA) is 19.4 Å². The fourth-order valence-corrected chi connectivity index (χ4v) is 2.79. The molecule has 3 rings (SSSR count). The third-order valence-electron chi connectivity index (χ3n) is 3.92. The van der Waals surface area contributed by atoms with Crippen molar-refractivity contribution >= 4 is 17.2 Å². The molecule has 102 valence electrons. The SMILES string of the molecule is C=CCc1ccccc1N1c2ncccc2N(C)C1C. The second-order valence-electron chi connectivity index (χ2n) is 5.08. The van der Waals surface area contributed by atoms with Crippen molar-refractivity contribution in [1.82, 2.24) is 4.98 Å².